The number of hydrogen-bond donors (Lipinski definition) is 2. The molecule has 0 unspecified atom stereocenters. The van der Waals surface area contributed by atoms with Gasteiger partial charge < -0.3 is 15.1 Å². The van der Waals surface area contributed by atoms with E-state index >= 15 is 0 Å². The lowest BCUT2D eigenvalue weighted by atomic mass is 9.87. The van der Waals surface area contributed by atoms with Crippen molar-refractivity contribution < 1.29 is 28.6 Å². The van der Waals surface area contributed by atoms with E-state index in [0.29, 0.717) is 12.1 Å². The van der Waals surface area contributed by atoms with Gasteiger partial charge in [-0.1, -0.05) is 30.3 Å². The number of anilines is 1. The van der Waals surface area contributed by atoms with E-state index in [9.17, 15) is 8.78 Å². The topological polar surface area (TPSA) is 94.0 Å². The molecule has 1 saturated heterocycles. The summed E-state index contributed by atoms with van der Waals surface area (Å²) < 4.78 is 26.9. The van der Waals surface area contributed by atoms with E-state index in [1.54, 1.807) is 0 Å². The number of rotatable bonds is 7. The highest BCUT2D eigenvalue weighted by Gasteiger charge is 2.29. The Kier molecular flexibility index (Phi) is 10.3. The molecule has 0 aliphatic carbocycles. The van der Waals surface area contributed by atoms with Gasteiger partial charge in [0.1, 0.15) is 17.5 Å². The molecule has 0 amide bonds. The monoisotopic (exact) mass is 525 g/mol. The van der Waals surface area contributed by atoms with Gasteiger partial charge in [-0.3, -0.25) is 4.90 Å². The van der Waals surface area contributed by atoms with Gasteiger partial charge in [-0.15, -0.1) is 0 Å². The Morgan fingerprint density at radius 3 is 1.89 bits per heavy atom. The maximum atomic E-state index is 13.5. The van der Waals surface area contributed by atoms with Crippen molar-refractivity contribution in [2.24, 2.45) is 0 Å². The number of halogens is 2. The minimum absolute atomic E-state index is 0.124. The number of carboxylic acids is 2. The molecule has 202 valence electrons. The van der Waals surface area contributed by atoms with Crippen LogP contribution in [0.25, 0.3) is 0 Å². The number of aromatic nitrogens is 1. The lowest BCUT2D eigenvalue weighted by molar-refractivity contribution is -0.159. The molecule has 0 bridgehead atoms. The molecule has 2 atom stereocenters. The van der Waals surface area contributed by atoms with Crippen molar-refractivity contribution in [2.75, 3.05) is 24.5 Å². The van der Waals surface area contributed by atoms with Gasteiger partial charge in [0.2, 0.25) is 0 Å². The molecule has 2 heterocycles. The second kappa shape index (κ2) is 13.6. The average molecular weight is 526 g/mol. The number of aliphatic carboxylic acids is 2. The molecule has 3 aromatic rings. The summed E-state index contributed by atoms with van der Waals surface area (Å²) in [6.07, 6.45) is 3.79. The molecule has 1 aliphatic rings. The highest BCUT2D eigenvalue weighted by Crippen LogP contribution is 2.30. The van der Waals surface area contributed by atoms with Gasteiger partial charge in [-0.25, -0.2) is 23.4 Å². The zero-order valence-electron chi connectivity index (χ0n) is 21.5. The Morgan fingerprint density at radius 2 is 1.42 bits per heavy atom. The van der Waals surface area contributed by atoms with Gasteiger partial charge in [-0.2, -0.15) is 0 Å². The molecule has 2 N–H and O–H groups in total. The minimum Gasteiger partial charge on any atom is -0.473 e. The molecule has 1 aliphatic heterocycles. The van der Waals surface area contributed by atoms with E-state index in [-0.39, 0.29) is 17.6 Å². The Bertz CT molecular complexity index is 1120. The van der Waals surface area contributed by atoms with Gasteiger partial charge in [0, 0.05) is 37.3 Å². The fourth-order valence-electron chi connectivity index (χ4n) is 4.77. The molecule has 0 saturated carbocycles. The first-order valence-electron chi connectivity index (χ1n) is 12.5. The Balaban J connectivity index is 0.000000599. The predicted molar refractivity (Wildman–Crippen MR) is 141 cm³/mol. The van der Waals surface area contributed by atoms with Crippen LogP contribution in [0, 0.1) is 11.6 Å². The summed E-state index contributed by atoms with van der Waals surface area (Å²) in [4.78, 5) is 27.7. The first-order valence-corrected chi connectivity index (χ1v) is 12.5. The van der Waals surface area contributed by atoms with Gasteiger partial charge in [0.05, 0.1) is 0 Å². The summed E-state index contributed by atoms with van der Waals surface area (Å²) in [6.45, 7) is 7.49. The van der Waals surface area contributed by atoms with Crippen molar-refractivity contribution in [2.45, 2.75) is 44.7 Å². The van der Waals surface area contributed by atoms with Crippen molar-refractivity contribution in [1.29, 1.82) is 0 Å². The predicted octanol–water partition coefficient (Wildman–Crippen LogP) is 5.03. The lowest BCUT2D eigenvalue weighted by Gasteiger charge is -2.45. The quantitative estimate of drug-likeness (QED) is 0.418. The molecule has 38 heavy (non-hydrogen) atoms. The van der Waals surface area contributed by atoms with E-state index in [4.69, 9.17) is 19.8 Å². The second-order valence-electron chi connectivity index (χ2n) is 9.44. The summed E-state index contributed by atoms with van der Waals surface area (Å²) in [6, 6.07) is 20.3. The Morgan fingerprint density at radius 1 is 0.868 bits per heavy atom. The van der Waals surface area contributed by atoms with Crippen molar-refractivity contribution in [3.05, 3.63) is 95.7 Å². The number of piperazine rings is 1. The minimum atomic E-state index is -1.82. The lowest BCUT2D eigenvalue weighted by Crippen LogP contribution is -2.56. The van der Waals surface area contributed by atoms with Crippen LogP contribution in [0.4, 0.5) is 14.6 Å². The van der Waals surface area contributed by atoms with Crippen LogP contribution in [-0.4, -0.2) is 63.8 Å². The first-order chi connectivity index (χ1) is 18.2. The van der Waals surface area contributed by atoms with Crippen LogP contribution in [0.15, 0.2) is 72.9 Å². The number of hydrogen-bond acceptors (Lipinski definition) is 5. The molecule has 4 rings (SSSR count). The summed E-state index contributed by atoms with van der Waals surface area (Å²) in [5.74, 6) is -2.96. The Hall–Kier alpha value is -3.85. The van der Waals surface area contributed by atoms with E-state index in [1.165, 1.54) is 24.3 Å². The molecular formula is C29H33F2N3O4. The van der Waals surface area contributed by atoms with Crippen molar-refractivity contribution in [3.63, 3.8) is 0 Å². The highest BCUT2D eigenvalue weighted by molar-refractivity contribution is 6.27. The van der Waals surface area contributed by atoms with E-state index in [0.717, 1.165) is 49.4 Å². The number of carboxylic acid groups (broad SMARTS) is 2. The maximum Gasteiger partial charge on any atom is 0.414 e. The fourth-order valence-corrected chi connectivity index (χ4v) is 4.77. The zero-order chi connectivity index (χ0) is 27.7. The van der Waals surface area contributed by atoms with Crippen LogP contribution < -0.4 is 4.90 Å². The van der Waals surface area contributed by atoms with Crippen molar-refractivity contribution in [1.82, 2.24) is 9.88 Å². The number of carbonyl (C=O) groups is 2. The summed E-state index contributed by atoms with van der Waals surface area (Å²) in [7, 11) is 0. The van der Waals surface area contributed by atoms with Crippen LogP contribution in [0.1, 0.15) is 43.7 Å². The van der Waals surface area contributed by atoms with Crippen LogP contribution >= 0.6 is 0 Å². The number of pyridine rings is 1. The standard InChI is InChI=1S/C27H31F2N3.C2H2O4/c1-20-19-32(27-7-3-4-16-30-27)21(2)18-31(20)17-5-6-26(22-8-12-24(28)13-9-22)23-10-14-25(29)15-11-23;3-1(4)2(5)6/h3-4,7-16,20-21,26H,5-6,17-19H2,1-2H3;(H,3,4)(H,5,6)/t20-,21+;/m1./s1. The molecule has 1 fully saturated rings. The zero-order valence-corrected chi connectivity index (χ0v) is 21.5. The highest BCUT2D eigenvalue weighted by atomic mass is 19.1. The van der Waals surface area contributed by atoms with Gasteiger partial charge >= 0.3 is 11.9 Å². The van der Waals surface area contributed by atoms with Gasteiger partial charge in [-0.05, 0) is 80.8 Å². The maximum absolute atomic E-state index is 13.5. The fraction of sp³-hybridized carbons (Fsp3) is 0.345. The molecule has 0 radical (unpaired) electrons. The summed E-state index contributed by atoms with van der Waals surface area (Å²) in [5, 5.41) is 14.8. The van der Waals surface area contributed by atoms with E-state index in [2.05, 4.69) is 34.7 Å². The summed E-state index contributed by atoms with van der Waals surface area (Å²) >= 11 is 0. The normalized spacial score (nSPS) is 17.6. The molecule has 7 nitrogen and oxygen atoms in total. The second-order valence-corrected chi connectivity index (χ2v) is 9.44. The molecule has 1 aromatic heterocycles. The summed E-state index contributed by atoms with van der Waals surface area (Å²) in [5.41, 5.74) is 2.14. The van der Waals surface area contributed by atoms with Crippen LogP contribution in [0.5, 0.6) is 0 Å². The smallest absolute Gasteiger partial charge is 0.414 e. The Labute approximate surface area is 221 Å². The van der Waals surface area contributed by atoms with Gasteiger partial charge in [0.15, 0.2) is 0 Å². The van der Waals surface area contributed by atoms with E-state index < -0.39 is 11.9 Å². The van der Waals surface area contributed by atoms with Crippen molar-refractivity contribution in [3.8, 4) is 0 Å². The number of benzene rings is 2. The average Bonchev–Trinajstić information content (AvgIpc) is 2.90. The molecule has 0 spiro atoms. The third-order valence-corrected chi connectivity index (χ3v) is 6.72. The molecule has 9 heteroatoms. The largest absolute Gasteiger partial charge is 0.473 e. The SMILES string of the molecule is C[C@@H]1CN(c2ccccn2)[C@@H](C)CN1CCCC(c1ccc(F)cc1)c1ccc(F)cc1.O=C(O)C(=O)O. The first kappa shape index (κ1) is 28.7. The number of nitrogens with zero attached hydrogens (tertiary/aromatic N) is 3. The van der Waals surface area contributed by atoms with E-state index in [1.807, 2.05) is 42.6 Å². The third-order valence-electron chi connectivity index (χ3n) is 6.72. The molecular weight excluding hydrogens is 492 g/mol. The van der Waals surface area contributed by atoms with Gasteiger partial charge in [0.25, 0.3) is 0 Å². The van der Waals surface area contributed by atoms with Crippen molar-refractivity contribution >= 4 is 17.8 Å². The molecule has 2 aromatic carbocycles. The van der Waals surface area contributed by atoms with Crippen LogP contribution in [0.3, 0.4) is 0 Å². The third kappa shape index (κ3) is 8.08. The van der Waals surface area contributed by atoms with Crippen LogP contribution in [0.2, 0.25) is 0 Å². The van der Waals surface area contributed by atoms with Crippen LogP contribution in [-0.2, 0) is 9.59 Å².